The second-order valence-corrected chi connectivity index (χ2v) is 5.09. The predicted octanol–water partition coefficient (Wildman–Crippen LogP) is 1.29. The summed E-state index contributed by atoms with van der Waals surface area (Å²) in [5.74, 6) is -0.150. The number of carbonyl (C=O) groups is 2. The van der Waals surface area contributed by atoms with Gasteiger partial charge in [-0.1, -0.05) is 18.2 Å². The Morgan fingerprint density at radius 3 is 3.05 bits per heavy atom. The number of hydrogen-bond acceptors (Lipinski definition) is 3. The molecule has 1 aromatic heterocycles. The average Bonchev–Trinajstić information content (AvgIpc) is 3.03. The number of hydrogen-bond donors (Lipinski definition) is 2. The number of para-hydroxylation sites is 1. The number of benzene rings is 1. The first-order chi connectivity index (χ1) is 10.2. The van der Waals surface area contributed by atoms with Crippen LogP contribution in [0.3, 0.4) is 0 Å². The van der Waals surface area contributed by atoms with Crippen LogP contribution in [0.25, 0.3) is 0 Å². The van der Waals surface area contributed by atoms with Crippen molar-refractivity contribution in [3.63, 3.8) is 0 Å². The first-order valence-electron chi connectivity index (χ1n) is 6.79. The standard InChI is InChI=1S/C15H16N4O2/c1-19-13-5-3-2-4-11(13)10(6-14(19)20)7-17-15(21)12-8-16-9-18-12/h2-5,8-10H,6-7H2,1H3,(H,16,18)(H,17,21). The lowest BCUT2D eigenvalue weighted by atomic mass is 9.89. The van der Waals surface area contributed by atoms with Crippen LogP contribution in [0.1, 0.15) is 28.4 Å². The number of amides is 2. The molecule has 0 aliphatic carbocycles. The number of aromatic nitrogens is 2. The van der Waals surface area contributed by atoms with Crippen molar-refractivity contribution in [1.29, 1.82) is 0 Å². The maximum atomic E-state index is 12.0. The van der Waals surface area contributed by atoms with E-state index >= 15 is 0 Å². The summed E-state index contributed by atoms with van der Waals surface area (Å²) in [6.07, 6.45) is 3.34. The third-order valence-corrected chi connectivity index (χ3v) is 3.78. The molecular formula is C15H16N4O2. The number of carbonyl (C=O) groups excluding carboxylic acids is 2. The summed E-state index contributed by atoms with van der Waals surface area (Å²) >= 11 is 0. The lowest BCUT2D eigenvalue weighted by molar-refractivity contribution is -0.119. The molecule has 1 atom stereocenters. The van der Waals surface area contributed by atoms with Crippen LogP contribution in [0.2, 0.25) is 0 Å². The Kier molecular flexibility index (Phi) is 3.43. The Labute approximate surface area is 122 Å². The summed E-state index contributed by atoms with van der Waals surface area (Å²) in [7, 11) is 1.78. The zero-order chi connectivity index (χ0) is 14.8. The molecule has 0 saturated heterocycles. The van der Waals surface area contributed by atoms with Gasteiger partial charge in [-0.15, -0.1) is 0 Å². The lowest BCUT2D eigenvalue weighted by Crippen LogP contribution is -2.37. The van der Waals surface area contributed by atoms with Gasteiger partial charge in [0.25, 0.3) is 5.91 Å². The number of fused-ring (bicyclic) bond motifs is 1. The van der Waals surface area contributed by atoms with Crippen molar-refractivity contribution in [3.8, 4) is 0 Å². The number of rotatable bonds is 3. The molecule has 1 aromatic carbocycles. The summed E-state index contributed by atoms with van der Waals surface area (Å²) in [6.45, 7) is 0.425. The topological polar surface area (TPSA) is 78.1 Å². The van der Waals surface area contributed by atoms with Crippen molar-refractivity contribution >= 4 is 17.5 Å². The SMILES string of the molecule is CN1C(=O)CC(CNC(=O)c2cnc[nH]2)c2ccccc21. The monoisotopic (exact) mass is 284 g/mol. The van der Waals surface area contributed by atoms with Crippen LogP contribution in [0.4, 0.5) is 5.69 Å². The van der Waals surface area contributed by atoms with Crippen molar-refractivity contribution in [2.24, 2.45) is 0 Å². The van der Waals surface area contributed by atoms with E-state index in [1.165, 1.54) is 12.5 Å². The van der Waals surface area contributed by atoms with Crippen LogP contribution in [0.15, 0.2) is 36.8 Å². The second kappa shape index (κ2) is 5.40. The first-order valence-corrected chi connectivity index (χ1v) is 6.79. The summed E-state index contributed by atoms with van der Waals surface area (Å²) in [6, 6.07) is 7.79. The highest BCUT2D eigenvalue weighted by Crippen LogP contribution is 2.34. The Morgan fingerprint density at radius 1 is 1.48 bits per heavy atom. The van der Waals surface area contributed by atoms with Crippen LogP contribution in [-0.2, 0) is 4.79 Å². The van der Waals surface area contributed by atoms with Gasteiger partial charge in [-0.3, -0.25) is 9.59 Å². The second-order valence-electron chi connectivity index (χ2n) is 5.09. The molecule has 1 aliphatic heterocycles. The van der Waals surface area contributed by atoms with Gasteiger partial charge in [-0.25, -0.2) is 4.98 Å². The lowest BCUT2D eigenvalue weighted by Gasteiger charge is -2.31. The van der Waals surface area contributed by atoms with E-state index in [0.717, 1.165) is 11.3 Å². The van der Waals surface area contributed by atoms with E-state index in [9.17, 15) is 9.59 Å². The van der Waals surface area contributed by atoms with E-state index in [0.29, 0.717) is 18.7 Å². The number of anilines is 1. The van der Waals surface area contributed by atoms with E-state index < -0.39 is 0 Å². The molecule has 21 heavy (non-hydrogen) atoms. The normalized spacial score (nSPS) is 17.5. The van der Waals surface area contributed by atoms with E-state index in [-0.39, 0.29) is 17.7 Å². The molecule has 2 amide bonds. The van der Waals surface area contributed by atoms with Crippen LogP contribution >= 0.6 is 0 Å². The predicted molar refractivity (Wildman–Crippen MR) is 78.1 cm³/mol. The molecular weight excluding hydrogens is 268 g/mol. The third kappa shape index (κ3) is 2.52. The van der Waals surface area contributed by atoms with Gasteiger partial charge in [0.2, 0.25) is 5.91 Å². The fourth-order valence-electron chi connectivity index (χ4n) is 2.60. The molecule has 0 spiro atoms. The molecule has 6 nitrogen and oxygen atoms in total. The van der Waals surface area contributed by atoms with Crippen molar-refractivity contribution in [1.82, 2.24) is 15.3 Å². The van der Waals surface area contributed by atoms with Crippen molar-refractivity contribution in [3.05, 3.63) is 48.0 Å². The Hall–Kier alpha value is -2.63. The van der Waals surface area contributed by atoms with E-state index in [4.69, 9.17) is 0 Å². The smallest absolute Gasteiger partial charge is 0.269 e. The number of nitrogens with one attached hydrogen (secondary N) is 2. The number of imidazole rings is 1. The summed E-state index contributed by atoms with van der Waals surface area (Å²) in [5, 5.41) is 2.85. The molecule has 0 bridgehead atoms. The molecule has 108 valence electrons. The molecule has 3 rings (SSSR count). The van der Waals surface area contributed by atoms with Gasteiger partial charge in [-0.05, 0) is 11.6 Å². The molecule has 2 aromatic rings. The van der Waals surface area contributed by atoms with Gasteiger partial charge in [0.05, 0.1) is 12.5 Å². The summed E-state index contributed by atoms with van der Waals surface area (Å²) < 4.78 is 0. The fraction of sp³-hybridized carbons (Fsp3) is 0.267. The van der Waals surface area contributed by atoms with Gasteiger partial charge < -0.3 is 15.2 Å². The Balaban J connectivity index is 1.75. The van der Waals surface area contributed by atoms with Crippen LogP contribution in [0, 0.1) is 0 Å². The van der Waals surface area contributed by atoms with Gasteiger partial charge in [0.15, 0.2) is 0 Å². The maximum Gasteiger partial charge on any atom is 0.269 e. The van der Waals surface area contributed by atoms with Crippen LogP contribution in [0.5, 0.6) is 0 Å². The zero-order valence-corrected chi connectivity index (χ0v) is 11.7. The van der Waals surface area contributed by atoms with Gasteiger partial charge >= 0.3 is 0 Å². The molecule has 0 fully saturated rings. The summed E-state index contributed by atoms with van der Waals surface area (Å²) in [4.78, 5) is 32.2. The van der Waals surface area contributed by atoms with Gasteiger partial charge in [0, 0.05) is 31.6 Å². The molecule has 2 heterocycles. The van der Waals surface area contributed by atoms with E-state index in [2.05, 4.69) is 15.3 Å². The fourth-order valence-corrected chi connectivity index (χ4v) is 2.60. The van der Waals surface area contributed by atoms with E-state index in [1.54, 1.807) is 11.9 Å². The third-order valence-electron chi connectivity index (χ3n) is 3.78. The quantitative estimate of drug-likeness (QED) is 0.891. The first kappa shape index (κ1) is 13.4. The average molecular weight is 284 g/mol. The Morgan fingerprint density at radius 2 is 2.29 bits per heavy atom. The maximum absolute atomic E-state index is 12.0. The highest BCUT2D eigenvalue weighted by atomic mass is 16.2. The largest absolute Gasteiger partial charge is 0.350 e. The van der Waals surface area contributed by atoms with Crippen molar-refractivity contribution < 1.29 is 9.59 Å². The molecule has 1 unspecified atom stereocenters. The minimum atomic E-state index is -0.212. The van der Waals surface area contributed by atoms with Gasteiger partial charge in [0.1, 0.15) is 5.69 Å². The highest BCUT2D eigenvalue weighted by Gasteiger charge is 2.29. The minimum absolute atomic E-state index is 0.00299. The zero-order valence-electron chi connectivity index (χ0n) is 11.7. The minimum Gasteiger partial charge on any atom is -0.350 e. The molecule has 0 radical (unpaired) electrons. The van der Waals surface area contributed by atoms with Crippen LogP contribution < -0.4 is 10.2 Å². The number of nitrogens with zero attached hydrogens (tertiary/aromatic N) is 2. The number of aromatic amines is 1. The molecule has 6 heteroatoms. The highest BCUT2D eigenvalue weighted by molar-refractivity contribution is 5.97. The van der Waals surface area contributed by atoms with Crippen molar-refractivity contribution in [2.75, 3.05) is 18.5 Å². The molecule has 0 saturated carbocycles. The Bertz CT molecular complexity index is 666. The van der Waals surface area contributed by atoms with Crippen molar-refractivity contribution in [2.45, 2.75) is 12.3 Å². The molecule has 1 aliphatic rings. The number of H-pyrrole nitrogens is 1. The van der Waals surface area contributed by atoms with Gasteiger partial charge in [-0.2, -0.15) is 0 Å². The van der Waals surface area contributed by atoms with Crippen LogP contribution in [-0.4, -0.2) is 35.4 Å². The summed E-state index contributed by atoms with van der Waals surface area (Å²) in [5.41, 5.74) is 2.42. The molecule has 2 N–H and O–H groups in total. The van der Waals surface area contributed by atoms with E-state index in [1.807, 2.05) is 24.3 Å².